The molecule has 18 heavy (non-hydrogen) atoms. The molecule has 0 aliphatic rings. The second-order valence-electron chi connectivity index (χ2n) is 4.70. The Morgan fingerprint density at radius 3 is 2.28 bits per heavy atom. The van der Waals surface area contributed by atoms with Crippen LogP contribution >= 0.6 is 0 Å². The lowest BCUT2D eigenvalue weighted by molar-refractivity contribution is 0.170. The minimum Gasteiger partial charge on any atom is -0.327 e. The van der Waals surface area contributed by atoms with Gasteiger partial charge in [-0.25, -0.2) is 12.8 Å². The van der Waals surface area contributed by atoms with Crippen LogP contribution in [0.25, 0.3) is 0 Å². The van der Waals surface area contributed by atoms with E-state index in [2.05, 4.69) is 0 Å². The molecule has 1 unspecified atom stereocenters. The largest absolute Gasteiger partial charge is 0.327 e. The highest BCUT2D eigenvalue weighted by Gasteiger charge is 2.32. The van der Waals surface area contributed by atoms with Crippen LogP contribution in [0.4, 0.5) is 4.39 Å². The Morgan fingerprint density at radius 2 is 1.83 bits per heavy atom. The van der Waals surface area contributed by atoms with Crippen molar-refractivity contribution in [3.63, 3.8) is 0 Å². The number of halogens is 1. The topological polar surface area (TPSA) is 60.2 Å². The molecule has 0 heterocycles. The number of sulfone groups is 1. The number of benzene rings is 1. The Hall–Kier alpha value is -0.940. The van der Waals surface area contributed by atoms with Crippen LogP contribution in [0.2, 0.25) is 0 Å². The van der Waals surface area contributed by atoms with Crippen LogP contribution in [0.5, 0.6) is 0 Å². The highest BCUT2D eigenvalue weighted by Crippen LogP contribution is 2.29. The van der Waals surface area contributed by atoms with Gasteiger partial charge in [-0.15, -0.1) is 0 Å². The molecule has 0 aliphatic heterocycles. The summed E-state index contributed by atoms with van der Waals surface area (Å²) in [4.78, 5) is 0. The third-order valence-electron chi connectivity index (χ3n) is 3.12. The average Bonchev–Trinajstić information content (AvgIpc) is 2.37. The molecular weight excluding hydrogens is 253 g/mol. The predicted molar refractivity (Wildman–Crippen MR) is 71.8 cm³/mol. The lowest BCUT2D eigenvalue weighted by Crippen LogP contribution is -2.33. The van der Waals surface area contributed by atoms with E-state index in [1.165, 1.54) is 0 Å². The van der Waals surface area contributed by atoms with E-state index in [0.717, 1.165) is 0 Å². The van der Waals surface area contributed by atoms with Crippen LogP contribution in [-0.4, -0.2) is 26.0 Å². The lowest BCUT2D eigenvalue weighted by Gasteiger charge is -2.24. The monoisotopic (exact) mass is 273 g/mol. The number of hydrogen-bond acceptors (Lipinski definition) is 3. The van der Waals surface area contributed by atoms with E-state index in [1.54, 1.807) is 44.2 Å². The van der Waals surface area contributed by atoms with Gasteiger partial charge >= 0.3 is 0 Å². The highest BCUT2D eigenvalue weighted by molar-refractivity contribution is 7.91. The van der Waals surface area contributed by atoms with E-state index >= 15 is 0 Å². The van der Waals surface area contributed by atoms with E-state index in [1.807, 2.05) is 0 Å². The number of nitrogens with two attached hydrogens (primary N) is 1. The summed E-state index contributed by atoms with van der Waals surface area (Å²) in [6.45, 7) is 2.98. The van der Waals surface area contributed by atoms with E-state index < -0.39 is 20.8 Å². The van der Waals surface area contributed by atoms with Crippen molar-refractivity contribution < 1.29 is 12.8 Å². The summed E-state index contributed by atoms with van der Waals surface area (Å²) in [5, 5.41) is -0.490. The van der Waals surface area contributed by atoms with Crippen LogP contribution in [0, 0.1) is 0 Å². The molecule has 0 bridgehead atoms. The molecule has 0 aliphatic carbocycles. The maximum Gasteiger partial charge on any atom is 0.152 e. The zero-order valence-electron chi connectivity index (χ0n) is 10.8. The van der Waals surface area contributed by atoms with Crippen molar-refractivity contribution in [2.24, 2.45) is 5.73 Å². The van der Waals surface area contributed by atoms with E-state index in [9.17, 15) is 12.8 Å². The van der Waals surface area contributed by atoms with Gasteiger partial charge in [0.15, 0.2) is 9.84 Å². The fourth-order valence-corrected chi connectivity index (χ4v) is 2.72. The van der Waals surface area contributed by atoms with Crippen molar-refractivity contribution in [2.75, 3.05) is 12.3 Å². The quantitative estimate of drug-likeness (QED) is 0.862. The van der Waals surface area contributed by atoms with E-state index in [-0.39, 0.29) is 18.7 Å². The Morgan fingerprint density at radius 1 is 1.28 bits per heavy atom. The summed E-state index contributed by atoms with van der Waals surface area (Å²) >= 11 is 0. The molecule has 2 N–H and O–H groups in total. The third kappa shape index (κ3) is 3.53. The van der Waals surface area contributed by atoms with Crippen molar-refractivity contribution in [1.29, 1.82) is 0 Å². The van der Waals surface area contributed by atoms with E-state index in [0.29, 0.717) is 5.56 Å². The molecule has 1 aromatic carbocycles. The molecule has 0 spiro atoms. The second-order valence-corrected chi connectivity index (χ2v) is 7.38. The summed E-state index contributed by atoms with van der Waals surface area (Å²) in [6.07, 6.45) is -0.103. The zero-order chi connectivity index (χ0) is 13.8. The van der Waals surface area contributed by atoms with Crippen molar-refractivity contribution >= 4 is 9.84 Å². The van der Waals surface area contributed by atoms with Gasteiger partial charge in [0.05, 0.1) is 11.0 Å². The average molecular weight is 273 g/mol. The zero-order valence-corrected chi connectivity index (χ0v) is 11.6. The van der Waals surface area contributed by atoms with Gasteiger partial charge in [-0.1, -0.05) is 30.3 Å². The maximum atomic E-state index is 14.7. The molecule has 1 aromatic rings. The fraction of sp³-hybridized carbons (Fsp3) is 0.538. The normalized spacial score (nSPS) is 15.6. The van der Waals surface area contributed by atoms with Gasteiger partial charge in [0.1, 0.15) is 5.67 Å². The molecule has 0 radical (unpaired) electrons. The molecule has 5 heteroatoms. The third-order valence-corrected chi connectivity index (χ3v) is 5.33. The summed E-state index contributed by atoms with van der Waals surface area (Å²) in [5.74, 6) is -0.187. The lowest BCUT2D eigenvalue weighted by atomic mass is 9.93. The predicted octanol–water partition coefficient (Wildman–Crippen LogP) is 2.02. The van der Waals surface area contributed by atoms with Gasteiger partial charge in [0.25, 0.3) is 0 Å². The first kappa shape index (κ1) is 15.1. The smallest absolute Gasteiger partial charge is 0.152 e. The van der Waals surface area contributed by atoms with Crippen LogP contribution in [0.15, 0.2) is 30.3 Å². The van der Waals surface area contributed by atoms with Crippen LogP contribution in [0.1, 0.15) is 25.8 Å². The summed E-state index contributed by atoms with van der Waals surface area (Å²) in [6, 6.07) is 8.49. The Balaban J connectivity index is 2.86. The Kier molecular flexibility index (Phi) is 4.87. The number of rotatable bonds is 6. The first-order valence-electron chi connectivity index (χ1n) is 5.98. The molecule has 1 rings (SSSR count). The van der Waals surface area contributed by atoms with Crippen LogP contribution in [-0.2, 0) is 15.5 Å². The number of alkyl halides is 1. The SMILES string of the molecule is CC(C)S(=O)(=O)CCC(F)(CN)c1ccccc1. The van der Waals surface area contributed by atoms with Gasteiger partial charge in [-0.2, -0.15) is 0 Å². The van der Waals surface area contributed by atoms with Crippen LogP contribution in [0.3, 0.4) is 0 Å². The standard InChI is InChI=1S/C13H20FNO2S/c1-11(2)18(16,17)9-8-13(14,10-15)12-6-4-3-5-7-12/h3-7,11H,8-10,15H2,1-2H3. The molecule has 0 saturated heterocycles. The molecule has 0 fully saturated rings. The number of hydrogen-bond donors (Lipinski definition) is 1. The molecule has 0 aromatic heterocycles. The van der Waals surface area contributed by atoms with Gasteiger partial charge < -0.3 is 5.73 Å². The van der Waals surface area contributed by atoms with Crippen LogP contribution < -0.4 is 5.73 Å². The van der Waals surface area contributed by atoms with E-state index in [4.69, 9.17) is 5.73 Å². The Labute approximate surface area is 108 Å². The summed E-state index contributed by atoms with van der Waals surface area (Å²) < 4.78 is 38.1. The van der Waals surface area contributed by atoms with Crippen molar-refractivity contribution in [3.05, 3.63) is 35.9 Å². The van der Waals surface area contributed by atoms with Crippen molar-refractivity contribution in [1.82, 2.24) is 0 Å². The minimum atomic E-state index is -3.25. The summed E-state index contributed by atoms with van der Waals surface area (Å²) in [5.41, 5.74) is 4.14. The highest BCUT2D eigenvalue weighted by atomic mass is 32.2. The molecule has 3 nitrogen and oxygen atoms in total. The molecule has 0 saturated carbocycles. The Bertz CT molecular complexity index is 473. The second kappa shape index (κ2) is 5.80. The summed E-state index contributed by atoms with van der Waals surface area (Å²) in [7, 11) is -3.25. The molecular formula is C13H20FNO2S. The van der Waals surface area contributed by atoms with Gasteiger partial charge in [-0.3, -0.25) is 0 Å². The maximum absolute atomic E-state index is 14.7. The first-order valence-corrected chi connectivity index (χ1v) is 7.69. The van der Waals surface area contributed by atoms with Gasteiger partial charge in [0.2, 0.25) is 0 Å². The van der Waals surface area contributed by atoms with Crippen molar-refractivity contribution in [2.45, 2.75) is 31.2 Å². The van der Waals surface area contributed by atoms with Gasteiger partial charge in [0, 0.05) is 13.0 Å². The first-order chi connectivity index (χ1) is 8.32. The van der Waals surface area contributed by atoms with Crippen molar-refractivity contribution in [3.8, 4) is 0 Å². The molecule has 102 valence electrons. The molecule has 1 atom stereocenters. The minimum absolute atomic E-state index is 0.103. The molecule has 0 amide bonds. The van der Waals surface area contributed by atoms with Gasteiger partial charge in [-0.05, 0) is 19.4 Å². The fourth-order valence-electron chi connectivity index (χ4n) is 1.64.